The Labute approximate surface area is 117 Å². The molecule has 100 valence electrons. The molecule has 4 heteroatoms. The largest absolute Gasteiger partial charge is 0.347 e. The summed E-state index contributed by atoms with van der Waals surface area (Å²) in [6.45, 7) is 1.95. The standard InChI is InChI=1S/C16H15N3O/c1-11-15(12-7-3-4-8-13(12)19(11)2)16(20)18-14-9-5-6-10-17-14/h3-10H,1-2H3,(H,17,18,20). The van der Waals surface area contributed by atoms with Crippen molar-refractivity contribution in [3.05, 3.63) is 59.9 Å². The Kier molecular flexibility index (Phi) is 2.99. The molecule has 0 atom stereocenters. The van der Waals surface area contributed by atoms with Crippen molar-refractivity contribution >= 4 is 22.6 Å². The summed E-state index contributed by atoms with van der Waals surface area (Å²) in [5.74, 6) is 0.433. The molecule has 2 aromatic heterocycles. The molecular weight excluding hydrogens is 250 g/mol. The Morgan fingerprint density at radius 3 is 2.65 bits per heavy atom. The third kappa shape index (κ3) is 1.95. The minimum atomic E-state index is -0.127. The van der Waals surface area contributed by atoms with Crippen molar-refractivity contribution < 1.29 is 4.79 Å². The van der Waals surface area contributed by atoms with Crippen molar-refractivity contribution in [1.82, 2.24) is 9.55 Å². The predicted octanol–water partition coefficient (Wildman–Crippen LogP) is 3.13. The van der Waals surface area contributed by atoms with E-state index in [9.17, 15) is 4.79 Å². The molecule has 0 unspecified atom stereocenters. The summed E-state index contributed by atoms with van der Waals surface area (Å²) in [6, 6.07) is 13.3. The molecule has 1 N–H and O–H groups in total. The summed E-state index contributed by atoms with van der Waals surface area (Å²) in [5, 5.41) is 3.80. The number of benzene rings is 1. The number of aromatic nitrogens is 2. The maximum absolute atomic E-state index is 12.5. The van der Waals surface area contributed by atoms with Crippen molar-refractivity contribution in [1.29, 1.82) is 0 Å². The van der Waals surface area contributed by atoms with Gasteiger partial charge in [0.15, 0.2) is 0 Å². The first-order chi connectivity index (χ1) is 9.68. The van der Waals surface area contributed by atoms with Gasteiger partial charge in [-0.2, -0.15) is 0 Å². The molecule has 3 rings (SSSR count). The van der Waals surface area contributed by atoms with Crippen LogP contribution in [0.25, 0.3) is 10.9 Å². The first-order valence-electron chi connectivity index (χ1n) is 6.45. The van der Waals surface area contributed by atoms with Crippen LogP contribution in [0.5, 0.6) is 0 Å². The summed E-state index contributed by atoms with van der Waals surface area (Å²) >= 11 is 0. The van der Waals surface area contributed by atoms with Crippen LogP contribution in [0.15, 0.2) is 48.7 Å². The van der Waals surface area contributed by atoms with Gasteiger partial charge in [0.1, 0.15) is 5.82 Å². The Morgan fingerprint density at radius 2 is 1.90 bits per heavy atom. The zero-order chi connectivity index (χ0) is 14.1. The summed E-state index contributed by atoms with van der Waals surface area (Å²) in [6.07, 6.45) is 1.66. The normalized spacial score (nSPS) is 10.7. The lowest BCUT2D eigenvalue weighted by Gasteiger charge is -2.04. The molecule has 1 aromatic carbocycles. The average molecular weight is 265 g/mol. The van der Waals surface area contributed by atoms with Crippen LogP contribution in [-0.2, 0) is 7.05 Å². The average Bonchev–Trinajstić information content (AvgIpc) is 2.72. The fourth-order valence-corrected chi connectivity index (χ4v) is 2.42. The van der Waals surface area contributed by atoms with Gasteiger partial charge in [-0.05, 0) is 25.1 Å². The number of carbonyl (C=O) groups is 1. The highest BCUT2D eigenvalue weighted by atomic mass is 16.1. The van der Waals surface area contributed by atoms with Crippen molar-refractivity contribution in [3.8, 4) is 0 Å². The number of hydrogen-bond acceptors (Lipinski definition) is 2. The van der Waals surface area contributed by atoms with Gasteiger partial charge in [-0.15, -0.1) is 0 Å². The molecule has 20 heavy (non-hydrogen) atoms. The predicted molar refractivity (Wildman–Crippen MR) is 79.8 cm³/mol. The van der Waals surface area contributed by atoms with Gasteiger partial charge in [0.25, 0.3) is 5.91 Å². The number of pyridine rings is 1. The molecule has 3 aromatic rings. The van der Waals surface area contributed by atoms with E-state index in [2.05, 4.69) is 10.3 Å². The van der Waals surface area contributed by atoms with Crippen molar-refractivity contribution in [3.63, 3.8) is 0 Å². The number of rotatable bonds is 2. The minimum absolute atomic E-state index is 0.127. The number of aryl methyl sites for hydroxylation is 1. The van der Waals surface area contributed by atoms with Gasteiger partial charge in [-0.1, -0.05) is 24.3 Å². The molecule has 0 saturated carbocycles. The van der Waals surface area contributed by atoms with Gasteiger partial charge in [-0.3, -0.25) is 4.79 Å². The monoisotopic (exact) mass is 265 g/mol. The molecule has 0 saturated heterocycles. The number of hydrogen-bond donors (Lipinski definition) is 1. The second kappa shape index (κ2) is 4.81. The van der Waals surface area contributed by atoms with E-state index in [4.69, 9.17) is 0 Å². The van der Waals surface area contributed by atoms with Crippen LogP contribution in [0.1, 0.15) is 16.1 Å². The van der Waals surface area contributed by atoms with Crippen LogP contribution in [0.4, 0.5) is 5.82 Å². The zero-order valence-electron chi connectivity index (χ0n) is 11.4. The number of fused-ring (bicyclic) bond motifs is 1. The lowest BCUT2D eigenvalue weighted by atomic mass is 10.1. The number of carbonyl (C=O) groups excluding carboxylic acids is 1. The van der Waals surface area contributed by atoms with Gasteiger partial charge in [0.05, 0.1) is 5.56 Å². The van der Waals surface area contributed by atoms with Crippen LogP contribution >= 0.6 is 0 Å². The Bertz CT molecular complexity index is 775. The highest BCUT2D eigenvalue weighted by Gasteiger charge is 2.18. The van der Waals surface area contributed by atoms with E-state index in [0.717, 1.165) is 16.6 Å². The molecule has 0 radical (unpaired) electrons. The molecule has 0 aliphatic carbocycles. The SMILES string of the molecule is Cc1c(C(=O)Nc2ccccn2)c2ccccc2n1C. The maximum Gasteiger partial charge on any atom is 0.259 e. The van der Waals surface area contributed by atoms with Crippen molar-refractivity contribution in [2.45, 2.75) is 6.92 Å². The van der Waals surface area contributed by atoms with Crippen LogP contribution in [0, 0.1) is 6.92 Å². The maximum atomic E-state index is 12.5. The van der Waals surface area contributed by atoms with E-state index in [1.807, 2.05) is 54.9 Å². The Morgan fingerprint density at radius 1 is 1.15 bits per heavy atom. The van der Waals surface area contributed by atoms with E-state index in [1.54, 1.807) is 12.3 Å². The van der Waals surface area contributed by atoms with Crippen LogP contribution in [0.3, 0.4) is 0 Å². The molecule has 1 amide bonds. The quantitative estimate of drug-likeness (QED) is 0.773. The van der Waals surface area contributed by atoms with Gasteiger partial charge >= 0.3 is 0 Å². The van der Waals surface area contributed by atoms with Gasteiger partial charge < -0.3 is 9.88 Å². The van der Waals surface area contributed by atoms with E-state index in [0.29, 0.717) is 11.4 Å². The summed E-state index contributed by atoms with van der Waals surface area (Å²) < 4.78 is 2.03. The second-order valence-electron chi connectivity index (χ2n) is 4.71. The van der Waals surface area contributed by atoms with Crippen LogP contribution in [-0.4, -0.2) is 15.5 Å². The van der Waals surface area contributed by atoms with Crippen LogP contribution < -0.4 is 5.32 Å². The van der Waals surface area contributed by atoms with Gasteiger partial charge in [-0.25, -0.2) is 4.98 Å². The molecule has 0 aliphatic heterocycles. The zero-order valence-corrected chi connectivity index (χ0v) is 11.4. The third-order valence-corrected chi connectivity index (χ3v) is 3.53. The molecule has 0 bridgehead atoms. The topological polar surface area (TPSA) is 46.9 Å². The summed E-state index contributed by atoms with van der Waals surface area (Å²) in [7, 11) is 1.97. The first kappa shape index (κ1) is 12.4. The number of amides is 1. The molecule has 0 aliphatic rings. The van der Waals surface area contributed by atoms with Gasteiger partial charge in [0.2, 0.25) is 0 Å². The number of nitrogens with one attached hydrogen (secondary N) is 1. The first-order valence-corrected chi connectivity index (χ1v) is 6.45. The van der Waals surface area contributed by atoms with Crippen molar-refractivity contribution in [2.75, 3.05) is 5.32 Å². The highest BCUT2D eigenvalue weighted by molar-refractivity contribution is 6.13. The fourth-order valence-electron chi connectivity index (χ4n) is 2.42. The van der Waals surface area contributed by atoms with Crippen molar-refractivity contribution in [2.24, 2.45) is 7.05 Å². The second-order valence-corrected chi connectivity index (χ2v) is 4.71. The fraction of sp³-hybridized carbons (Fsp3) is 0.125. The summed E-state index contributed by atoms with van der Waals surface area (Å²) in [5.41, 5.74) is 2.70. The van der Waals surface area contributed by atoms with E-state index < -0.39 is 0 Å². The molecule has 0 fully saturated rings. The Hall–Kier alpha value is -2.62. The minimum Gasteiger partial charge on any atom is -0.347 e. The van der Waals surface area contributed by atoms with E-state index in [1.165, 1.54) is 0 Å². The third-order valence-electron chi connectivity index (χ3n) is 3.53. The molecular formula is C16H15N3O. The Balaban J connectivity index is 2.06. The van der Waals surface area contributed by atoms with E-state index >= 15 is 0 Å². The molecule has 0 spiro atoms. The van der Waals surface area contributed by atoms with E-state index in [-0.39, 0.29) is 5.91 Å². The summed E-state index contributed by atoms with van der Waals surface area (Å²) in [4.78, 5) is 16.6. The number of nitrogens with zero attached hydrogens (tertiary/aromatic N) is 2. The lowest BCUT2D eigenvalue weighted by Crippen LogP contribution is -2.14. The van der Waals surface area contributed by atoms with Crippen LogP contribution in [0.2, 0.25) is 0 Å². The van der Waals surface area contributed by atoms with Gasteiger partial charge in [0, 0.05) is 29.8 Å². The number of anilines is 1. The number of para-hydroxylation sites is 1. The molecule has 2 heterocycles. The highest BCUT2D eigenvalue weighted by Crippen LogP contribution is 2.25. The molecule has 4 nitrogen and oxygen atoms in total. The lowest BCUT2D eigenvalue weighted by molar-refractivity contribution is 0.102. The smallest absolute Gasteiger partial charge is 0.259 e.